The van der Waals surface area contributed by atoms with E-state index >= 15 is 0 Å². The predicted octanol–water partition coefficient (Wildman–Crippen LogP) is 4.27. The second-order valence-electron chi connectivity index (χ2n) is 7.36. The summed E-state index contributed by atoms with van der Waals surface area (Å²) in [4.78, 5) is 12.9. The minimum atomic E-state index is -0.0500. The number of amides is 1. The number of anilines is 1. The van der Waals surface area contributed by atoms with Crippen molar-refractivity contribution in [2.75, 3.05) is 19.0 Å². The lowest BCUT2D eigenvalue weighted by Gasteiger charge is -2.09. The van der Waals surface area contributed by atoms with E-state index in [1.54, 1.807) is 7.11 Å². The van der Waals surface area contributed by atoms with Crippen molar-refractivity contribution >= 4 is 22.5 Å². The van der Waals surface area contributed by atoms with E-state index in [9.17, 15) is 4.79 Å². The van der Waals surface area contributed by atoms with Gasteiger partial charge < -0.3 is 14.6 Å². The van der Waals surface area contributed by atoms with E-state index in [2.05, 4.69) is 21.0 Å². The summed E-state index contributed by atoms with van der Waals surface area (Å²) in [6, 6.07) is 18.0. The van der Waals surface area contributed by atoms with Crippen LogP contribution in [0.3, 0.4) is 0 Å². The highest BCUT2D eigenvalue weighted by atomic mass is 16.5. The molecule has 6 heteroatoms. The first-order valence-corrected chi connectivity index (χ1v) is 10.1. The van der Waals surface area contributed by atoms with Crippen LogP contribution >= 0.6 is 0 Å². The molecule has 0 fully saturated rings. The lowest BCUT2D eigenvalue weighted by atomic mass is 10.1. The van der Waals surface area contributed by atoms with Gasteiger partial charge in [0.15, 0.2) is 0 Å². The minimum Gasteiger partial charge on any atom is -0.383 e. The highest BCUT2D eigenvalue weighted by Crippen LogP contribution is 2.25. The molecule has 6 nitrogen and oxygen atoms in total. The van der Waals surface area contributed by atoms with Gasteiger partial charge in [-0.1, -0.05) is 24.3 Å². The van der Waals surface area contributed by atoms with E-state index in [-0.39, 0.29) is 12.3 Å². The predicted molar refractivity (Wildman–Crippen MR) is 119 cm³/mol. The van der Waals surface area contributed by atoms with E-state index in [0.29, 0.717) is 6.61 Å². The van der Waals surface area contributed by atoms with Crippen molar-refractivity contribution in [3.05, 3.63) is 77.7 Å². The van der Waals surface area contributed by atoms with Crippen LogP contribution < -0.4 is 5.32 Å². The first kappa shape index (κ1) is 19.9. The van der Waals surface area contributed by atoms with Crippen LogP contribution in [0, 0.1) is 13.8 Å². The number of nitrogens with zero attached hydrogens (tertiary/aromatic N) is 3. The molecular weight excluding hydrogens is 376 g/mol. The summed E-state index contributed by atoms with van der Waals surface area (Å²) >= 11 is 0. The van der Waals surface area contributed by atoms with Crippen LogP contribution in [0.1, 0.15) is 17.0 Å². The number of benzene rings is 2. The number of rotatable bonds is 7. The van der Waals surface area contributed by atoms with E-state index in [1.165, 1.54) is 0 Å². The number of hydrogen-bond acceptors (Lipinski definition) is 3. The van der Waals surface area contributed by atoms with E-state index in [0.717, 1.165) is 45.8 Å². The van der Waals surface area contributed by atoms with Gasteiger partial charge in [-0.25, -0.2) is 4.68 Å². The van der Waals surface area contributed by atoms with Crippen LogP contribution in [-0.4, -0.2) is 34.0 Å². The van der Waals surface area contributed by atoms with E-state index < -0.39 is 0 Å². The Morgan fingerprint density at radius 2 is 1.87 bits per heavy atom. The third-order valence-electron chi connectivity index (χ3n) is 5.40. The molecule has 0 aliphatic heterocycles. The first-order chi connectivity index (χ1) is 14.6. The number of aromatic nitrogens is 3. The highest BCUT2D eigenvalue weighted by Gasteiger charge is 2.17. The number of carbonyl (C=O) groups is 1. The lowest BCUT2D eigenvalue weighted by Crippen LogP contribution is -2.15. The highest BCUT2D eigenvalue weighted by molar-refractivity contribution is 6.02. The van der Waals surface area contributed by atoms with Crippen LogP contribution in [-0.2, 0) is 22.5 Å². The molecule has 0 saturated heterocycles. The van der Waals surface area contributed by atoms with Gasteiger partial charge in [0.05, 0.1) is 35.6 Å². The lowest BCUT2D eigenvalue weighted by molar-refractivity contribution is -0.115. The van der Waals surface area contributed by atoms with Crippen LogP contribution in [0.15, 0.2) is 60.8 Å². The topological polar surface area (TPSA) is 61.1 Å². The molecule has 2 aromatic heterocycles. The summed E-state index contributed by atoms with van der Waals surface area (Å²) in [6.07, 6.45) is 2.31. The summed E-state index contributed by atoms with van der Waals surface area (Å²) in [7, 11) is 1.70. The molecule has 1 amide bonds. The molecule has 30 heavy (non-hydrogen) atoms. The fraction of sp³-hybridized carbons (Fsp3) is 0.250. The molecule has 0 aliphatic carbocycles. The maximum atomic E-state index is 12.9. The summed E-state index contributed by atoms with van der Waals surface area (Å²) < 4.78 is 9.21. The van der Waals surface area contributed by atoms with Crippen molar-refractivity contribution in [3.63, 3.8) is 0 Å². The van der Waals surface area contributed by atoms with Gasteiger partial charge in [0, 0.05) is 36.5 Å². The van der Waals surface area contributed by atoms with Gasteiger partial charge in [0.2, 0.25) is 5.91 Å². The zero-order chi connectivity index (χ0) is 21.1. The van der Waals surface area contributed by atoms with Gasteiger partial charge in [-0.05, 0) is 44.2 Å². The minimum absolute atomic E-state index is 0.0500. The molecule has 0 radical (unpaired) electrons. The Morgan fingerprint density at radius 3 is 2.63 bits per heavy atom. The Kier molecular flexibility index (Phi) is 5.68. The van der Waals surface area contributed by atoms with Crippen LogP contribution in [0.2, 0.25) is 0 Å². The second-order valence-corrected chi connectivity index (χ2v) is 7.36. The van der Waals surface area contributed by atoms with Crippen molar-refractivity contribution in [2.24, 2.45) is 0 Å². The molecule has 0 saturated carbocycles. The number of hydrogen-bond donors (Lipinski definition) is 1. The molecule has 4 aromatic rings. The number of para-hydroxylation sites is 1. The van der Waals surface area contributed by atoms with Crippen LogP contribution in [0.5, 0.6) is 0 Å². The number of methoxy groups -OCH3 is 1. The molecule has 154 valence electrons. The van der Waals surface area contributed by atoms with E-state index in [1.807, 2.05) is 73.3 Å². The molecule has 4 rings (SSSR count). The molecule has 2 aromatic carbocycles. The zero-order valence-corrected chi connectivity index (χ0v) is 17.6. The average Bonchev–Trinajstić information content (AvgIpc) is 3.29. The Labute approximate surface area is 176 Å². The maximum Gasteiger partial charge on any atom is 0.228 e. The fourth-order valence-electron chi connectivity index (χ4n) is 3.82. The van der Waals surface area contributed by atoms with Crippen molar-refractivity contribution in [2.45, 2.75) is 26.8 Å². The normalized spacial score (nSPS) is 11.2. The molecule has 0 aliphatic rings. The summed E-state index contributed by atoms with van der Waals surface area (Å²) in [5, 5.41) is 8.75. The number of ether oxygens (including phenoxy) is 1. The number of nitrogens with one attached hydrogen (secondary N) is 1. The second kappa shape index (κ2) is 8.55. The van der Waals surface area contributed by atoms with Gasteiger partial charge >= 0.3 is 0 Å². The van der Waals surface area contributed by atoms with Crippen LogP contribution in [0.25, 0.3) is 16.6 Å². The molecule has 0 spiro atoms. The van der Waals surface area contributed by atoms with Gasteiger partial charge in [-0.2, -0.15) is 5.10 Å². The van der Waals surface area contributed by atoms with Gasteiger partial charge in [0.1, 0.15) is 0 Å². The van der Waals surface area contributed by atoms with E-state index in [4.69, 9.17) is 4.74 Å². The maximum absolute atomic E-state index is 12.9. The Hall–Kier alpha value is -3.38. The third kappa shape index (κ3) is 3.86. The first-order valence-electron chi connectivity index (χ1n) is 10.1. The molecule has 2 heterocycles. The molecular formula is C24H26N4O2. The fourth-order valence-corrected chi connectivity index (χ4v) is 3.82. The van der Waals surface area contributed by atoms with Gasteiger partial charge in [0.25, 0.3) is 0 Å². The molecule has 0 atom stereocenters. The SMILES string of the molecule is COCCn1ccc2c(NC(=O)Cc3c(C)nn(-c4ccccc4)c3C)cccc21. The largest absolute Gasteiger partial charge is 0.383 e. The molecule has 0 unspecified atom stereocenters. The number of fused-ring (bicyclic) bond motifs is 1. The van der Waals surface area contributed by atoms with Crippen molar-refractivity contribution in [3.8, 4) is 5.69 Å². The smallest absolute Gasteiger partial charge is 0.228 e. The Balaban J connectivity index is 1.55. The summed E-state index contributed by atoms with van der Waals surface area (Å²) in [5.41, 5.74) is 5.70. The number of aryl methyl sites for hydroxylation is 1. The summed E-state index contributed by atoms with van der Waals surface area (Å²) in [5.74, 6) is -0.0500. The zero-order valence-electron chi connectivity index (χ0n) is 17.6. The third-order valence-corrected chi connectivity index (χ3v) is 5.40. The molecule has 0 bridgehead atoms. The van der Waals surface area contributed by atoms with Gasteiger partial charge in [-0.15, -0.1) is 0 Å². The molecule has 1 N–H and O–H groups in total. The van der Waals surface area contributed by atoms with Crippen molar-refractivity contribution in [1.82, 2.24) is 14.3 Å². The quantitative estimate of drug-likeness (QED) is 0.502. The van der Waals surface area contributed by atoms with Crippen molar-refractivity contribution in [1.29, 1.82) is 0 Å². The number of carbonyl (C=O) groups excluding carboxylic acids is 1. The van der Waals surface area contributed by atoms with Gasteiger partial charge in [-0.3, -0.25) is 4.79 Å². The van der Waals surface area contributed by atoms with Crippen molar-refractivity contribution < 1.29 is 9.53 Å². The monoisotopic (exact) mass is 402 g/mol. The average molecular weight is 402 g/mol. The van der Waals surface area contributed by atoms with Crippen LogP contribution in [0.4, 0.5) is 5.69 Å². The Morgan fingerprint density at radius 1 is 1.07 bits per heavy atom. The standard InChI is InChI=1S/C24H26N4O2/c1-17-21(18(2)28(26-17)19-8-5-4-6-9-19)16-24(29)25-22-10-7-11-23-20(22)12-13-27(23)14-15-30-3/h4-13H,14-16H2,1-3H3,(H,25,29). The Bertz CT molecular complexity index is 1170. The summed E-state index contributed by atoms with van der Waals surface area (Å²) in [6.45, 7) is 5.37.